The zero-order valence-corrected chi connectivity index (χ0v) is 11.6. The molecule has 2 aliphatic rings. The minimum Gasteiger partial charge on any atom is -0.324 e. The summed E-state index contributed by atoms with van der Waals surface area (Å²) in [5.74, 6) is 2.13. The quantitative estimate of drug-likeness (QED) is 0.825. The summed E-state index contributed by atoms with van der Waals surface area (Å²) in [5, 5.41) is 4.22. The van der Waals surface area contributed by atoms with Crippen LogP contribution in [0.15, 0.2) is 4.52 Å². The van der Waals surface area contributed by atoms with Crippen molar-refractivity contribution in [1.82, 2.24) is 10.1 Å². The Kier molecular flexibility index (Phi) is 2.83. The SMILES string of the molecule is CC[C@@H]1[C@@H](c2noc(N3CCCCC3)n2)C1(C)C. The fraction of sp³-hybridized carbons (Fsp3) is 0.857. The first-order valence-corrected chi connectivity index (χ1v) is 7.23. The fourth-order valence-corrected chi connectivity index (χ4v) is 3.58. The lowest BCUT2D eigenvalue weighted by molar-refractivity contribution is 0.394. The molecule has 1 aliphatic heterocycles. The summed E-state index contributed by atoms with van der Waals surface area (Å²) in [5.41, 5.74) is 0.345. The van der Waals surface area contributed by atoms with Crippen molar-refractivity contribution in [2.75, 3.05) is 18.0 Å². The maximum atomic E-state index is 5.46. The summed E-state index contributed by atoms with van der Waals surface area (Å²) < 4.78 is 5.46. The second-order valence-corrected chi connectivity index (χ2v) is 6.30. The highest BCUT2D eigenvalue weighted by Gasteiger charge is 2.59. The first-order valence-electron chi connectivity index (χ1n) is 7.23. The Bertz CT molecular complexity index is 420. The van der Waals surface area contributed by atoms with E-state index in [2.05, 4.69) is 35.8 Å². The van der Waals surface area contributed by atoms with E-state index in [0.717, 1.165) is 24.9 Å². The summed E-state index contributed by atoms with van der Waals surface area (Å²) in [7, 11) is 0. The van der Waals surface area contributed by atoms with Gasteiger partial charge in [-0.05, 0) is 30.6 Å². The minimum absolute atomic E-state index is 0.345. The van der Waals surface area contributed by atoms with Gasteiger partial charge in [0.1, 0.15) is 0 Å². The number of hydrogen-bond donors (Lipinski definition) is 0. The van der Waals surface area contributed by atoms with Gasteiger partial charge in [-0.25, -0.2) is 0 Å². The van der Waals surface area contributed by atoms with Crippen molar-refractivity contribution in [3.05, 3.63) is 5.82 Å². The van der Waals surface area contributed by atoms with Gasteiger partial charge >= 0.3 is 6.01 Å². The highest BCUT2D eigenvalue weighted by atomic mass is 16.5. The molecule has 0 spiro atoms. The zero-order chi connectivity index (χ0) is 12.8. The van der Waals surface area contributed by atoms with Crippen LogP contribution in [0.4, 0.5) is 6.01 Å². The second kappa shape index (κ2) is 4.25. The van der Waals surface area contributed by atoms with E-state index in [1.165, 1.54) is 25.7 Å². The molecule has 2 fully saturated rings. The van der Waals surface area contributed by atoms with Crippen LogP contribution in [-0.2, 0) is 0 Å². The van der Waals surface area contributed by atoms with Crippen molar-refractivity contribution in [2.24, 2.45) is 11.3 Å². The van der Waals surface area contributed by atoms with E-state index in [9.17, 15) is 0 Å². The van der Waals surface area contributed by atoms with E-state index in [1.807, 2.05) is 0 Å². The van der Waals surface area contributed by atoms with E-state index >= 15 is 0 Å². The van der Waals surface area contributed by atoms with Crippen LogP contribution in [0.25, 0.3) is 0 Å². The summed E-state index contributed by atoms with van der Waals surface area (Å²) in [4.78, 5) is 6.87. The van der Waals surface area contributed by atoms with Crippen molar-refractivity contribution in [3.8, 4) is 0 Å². The minimum atomic E-state index is 0.345. The number of rotatable bonds is 3. The molecule has 4 heteroatoms. The van der Waals surface area contributed by atoms with Crippen LogP contribution in [0.2, 0.25) is 0 Å². The van der Waals surface area contributed by atoms with Gasteiger partial charge < -0.3 is 9.42 Å². The number of nitrogens with zero attached hydrogens (tertiary/aromatic N) is 3. The molecule has 0 aromatic carbocycles. The topological polar surface area (TPSA) is 42.2 Å². The maximum absolute atomic E-state index is 5.46. The van der Waals surface area contributed by atoms with E-state index in [4.69, 9.17) is 4.52 Å². The predicted molar refractivity (Wildman–Crippen MR) is 70.7 cm³/mol. The lowest BCUT2D eigenvalue weighted by atomic mass is 10.1. The molecule has 0 N–H and O–H groups in total. The lowest BCUT2D eigenvalue weighted by Gasteiger charge is -2.23. The van der Waals surface area contributed by atoms with Crippen LogP contribution in [0.3, 0.4) is 0 Å². The molecule has 18 heavy (non-hydrogen) atoms. The first kappa shape index (κ1) is 12.0. The summed E-state index contributed by atoms with van der Waals surface area (Å²) in [6.07, 6.45) is 5.00. The van der Waals surface area contributed by atoms with Gasteiger partial charge in [0, 0.05) is 19.0 Å². The molecule has 0 bridgehead atoms. The normalized spacial score (nSPS) is 30.5. The third kappa shape index (κ3) is 1.82. The number of anilines is 1. The van der Waals surface area contributed by atoms with E-state index < -0.39 is 0 Å². The van der Waals surface area contributed by atoms with E-state index in [1.54, 1.807) is 0 Å². The summed E-state index contributed by atoms with van der Waals surface area (Å²) in [6, 6.07) is 0.738. The molecule has 1 aromatic rings. The molecule has 1 saturated heterocycles. The molecule has 2 heterocycles. The van der Waals surface area contributed by atoms with Crippen LogP contribution in [0, 0.1) is 11.3 Å². The van der Waals surface area contributed by atoms with Crippen molar-refractivity contribution < 1.29 is 4.52 Å². The Morgan fingerprint density at radius 1 is 1.28 bits per heavy atom. The van der Waals surface area contributed by atoms with Crippen LogP contribution >= 0.6 is 0 Å². The van der Waals surface area contributed by atoms with Gasteiger partial charge in [0.15, 0.2) is 5.82 Å². The number of piperidine rings is 1. The van der Waals surface area contributed by atoms with Crippen LogP contribution in [0.5, 0.6) is 0 Å². The maximum Gasteiger partial charge on any atom is 0.324 e. The van der Waals surface area contributed by atoms with Crippen molar-refractivity contribution >= 4 is 6.01 Å². The molecule has 0 amide bonds. The molecule has 4 nitrogen and oxygen atoms in total. The van der Waals surface area contributed by atoms with Crippen LogP contribution in [-0.4, -0.2) is 23.2 Å². The van der Waals surface area contributed by atoms with Gasteiger partial charge in [0.05, 0.1) is 0 Å². The number of hydrogen-bond acceptors (Lipinski definition) is 4. The van der Waals surface area contributed by atoms with Crippen LogP contribution in [0.1, 0.15) is 58.2 Å². The Balaban J connectivity index is 1.74. The smallest absolute Gasteiger partial charge is 0.324 e. The fourth-order valence-electron chi connectivity index (χ4n) is 3.58. The summed E-state index contributed by atoms with van der Waals surface area (Å²) >= 11 is 0. The third-order valence-corrected chi connectivity index (χ3v) is 4.83. The first-order chi connectivity index (χ1) is 8.64. The predicted octanol–water partition coefficient (Wildman–Crippen LogP) is 3.21. The Labute approximate surface area is 109 Å². The van der Waals surface area contributed by atoms with Gasteiger partial charge in [-0.15, -0.1) is 0 Å². The molecule has 1 saturated carbocycles. The van der Waals surface area contributed by atoms with Gasteiger partial charge in [0.25, 0.3) is 0 Å². The monoisotopic (exact) mass is 249 g/mol. The molecule has 0 unspecified atom stereocenters. The van der Waals surface area contributed by atoms with Crippen molar-refractivity contribution in [2.45, 2.75) is 52.4 Å². The standard InChI is InChI=1S/C14H23N3O/c1-4-10-11(14(10,2)3)12-15-13(18-16-12)17-8-6-5-7-9-17/h10-11H,4-9H2,1-3H3/t10-,11+/m1/s1. The second-order valence-electron chi connectivity index (χ2n) is 6.30. The average Bonchev–Trinajstić information content (AvgIpc) is 2.77. The van der Waals surface area contributed by atoms with Crippen molar-refractivity contribution in [1.29, 1.82) is 0 Å². The Morgan fingerprint density at radius 2 is 2.00 bits per heavy atom. The number of aromatic nitrogens is 2. The van der Waals surface area contributed by atoms with E-state index in [-0.39, 0.29) is 0 Å². The largest absolute Gasteiger partial charge is 0.324 e. The molecule has 3 rings (SSSR count). The average molecular weight is 249 g/mol. The highest BCUT2D eigenvalue weighted by molar-refractivity contribution is 5.29. The van der Waals surface area contributed by atoms with Crippen LogP contribution < -0.4 is 4.90 Å². The van der Waals surface area contributed by atoms with E-state index in [0.29, 0.717) is 17.3 Å². The zero-order valence-electron chi connectivity index (χ0n) is 11.6. The highest BCUT2D eigenvalue weighted by Crippen LogP contribution is 2.65. The van der Waals surface area contributed by atoms with Crippen molar-refractivity contribution in [3.63, 3.8) is 0 Å². The van der Waals surface area contributed by atoms with Gasteiger partial charge in [-0.2, -0.15) is 4.98 Å². The molecular formula is C14H23N3O. The molecule has 1 aliphatic carbocycles. The Morgan fingerprint density at radius 3 is 2.61 bits per heavy atom. The van der Waals surface area contributed by atoms with Gasteiger partial charge in [0.2, 0.25) is 0 Å². The molecule has 1 aromatic heterocycles. The van der Waals surface area contributed by atoms with Gasteiger partial charge in [-0.3, -0.25) is 0 Å². The molecular weight excluding hydrogens is 226 g/mol. The summed E-state index contributed by atoms with van der Waals surface area (Å²) in [6.45, 7) is 8.99. The Hall–Kier alpha value is -1.06. The molecule has 2 atom stereocenters. The van der Waals surface area contributed by atoms with Gasteiger partial charge in [-0.1, -0.05) is 32.3 Å². The third-order valence-electron chi connectivity index (χ3n) is 4.83. The molecule has 0 radical (unpaired) electrons. The molecule has 100 valence electrons. The lowest BCUT2D eigenvalue weighted by Crippen LogP contribution is -2.29.